The van der Waals surface area contributed by atoms with Crippen molar-refractivity contribution in [3.05, 3.63) is 70.8 Å². The van der Waals surface area contributed by atoms with E-state index in [4.69, 9.17) is 0 Å². The fraction of sp³-hybridized carbons (Fsp3) is 0.300. The smallest absolute Gasteiger partial charge is 0.217 e. The Hall–Kier alpha value is -2.62. The van der Waals surface area contributed by atoms with Gasteiger partial charge in [-0.15, -0.1) is 0 Å². The molecule has 0 saturated carbocycles. The van der Waals surface area contributed by atoms with E-state index in [1.54, 1.807) is 0 Å². The highest BCUT2D eigenvalue weighted by molar-refractivity contribution is 5.75. The van der Waals surface area contributed by atoms with E-state index < -0.39 is 0 Å². The number of amides is 2. The molecule has 4 heteroatoms. The highest BCUT2D eigenvalue weighted by Crippen LogP contribution is 2.31. The molecule has 124 valence electrons. The average Bonchev–Trinajstić information content (AvgIpc) is 2.55. The van der Waals surface area contributed by atoms with Crippen molar-refractivity contribution in [3.63, 3.8) is 0 Å². The lowest BCUT2D eigenvalue weighted by molar-refractivity contribution is -0.122. The summed E-state index contributed by atoms with van der Waals surface area (Å²) in [6, 6.07) is 15.9. The van der Waals surface area contributed by atoms with Crippen molar-refractivity contribution in [2.24, 2.45) is 0 Å². The minimum absolute atomic E-state index is 0.117. The zero-order valence-electron chi connectivity index (χ0n) is 14.0. The Morgan fingerprint density at radius 1 is 0.792 bits per heavy atom. The van der Waals surface area contributed by atoms with E-state index >= 15 is 0 Å². The summed E-state index contributed by atoms with van der Waals surface area (Å²) in [4.78, 5) is 23.6. The third-order valence-electron chi connectivity index (χ3n) is 4.37. The van der Waals surface area contributed by atoms with Gasteiger partial charge >= 0.3 is 0 Å². The lowest BCUT2D eigenvalue weighted by Gasteiger charge is -2.30. The monoisotopic (exact) mass is 322 g/mol. The van der Waals surface area contributed by atoms with Crippen LogP contribution in [-0.2, 0) is 22.4 Å². The van der Waals surface area contributed by atoms with Crippen LogP contribution in [-0.4, -0.2) is 11.8 Å². The standard InChI is InChI=1S/C20H22N2O2/c1-13(23)21-19-17-7-3-5-15(11-17)9-10-16-6-4-8-18(12-16)20(19)22-14(2)24/h3-8,11-12,19-20H,9-10H2,1-2H3,(H,21,23)(H,22,24)/t19-,20-/m0/s1. The summed E-state index contributed by atoms with van der Waals surface area (Å²) in [5.41, 5.74) is 4.48. The van der Waals surface area contributed by atoms with Crippen LogP contribution in [0.4, 0.5) is 0 Å². The minimum Gasteiger partial charge on any atom is -0.347 e. The van der Waals surface area contributed by atoms with Crippen molar-refractivity contribution >= 4 is 11.8 Å². The van der Waals surface area contributed by atoms with Crippen LogP contribution in [0.15, 0.2) is 48.5 Å². The topological polar surface area (TPSA) is 58.2 Å². The van der Waals surface area contributed by atoms with Crippen molar-refractivity contribution in [2.45, 2.75) is 38.8 Å². The number of carbonyl (C=O) groups is 2. The van der Waals surface area contributed by atoms with E-state index in [9.17, 15) is 9.59 Å². The molecular weight excluding hydrogens is 300 g/mol. The van der Waals surface area contributed by atoms with Gasteiger partial charge in [0, 0.05) is 13.8 Å². The highest BCUT2D eigenvalue weighted by Gasteiger charge is 2.27. The van der Waals surface area contributed by atoms with Crippen LogP contribution in [0.2, 0.25) is 0 Å². The first-order valence-electron chi connectivity index (χ1n) is 8.25. The lowest BCUT2D eigenvalue weighted by atomic mass is 9.88. The van der Waals surface area contributed by atoms with E-state index in [2.05, 4.69) is 34.9 Å². The molecule has 4 bridgehead atoms. The maximum Gasteiger partial charge on any atom is 0.217 e. The van der Waals surface area contributed by atoms with Crippen LogP contribution >= 0.6 is 0 Å². The molecule has 1 aliphatic carbocycles. The second-order valence-electron chi connectivity index (χ2n) is 6.35. The van der Waals surface area contributed by atoms with Gasteiger partial charge in [0.2, 0.25) is 11.8 Å². The number of fused-ring (bicyclic) bond motifs is 4. The fourth-order valence-corrected chi connectivity index (χ4v) is 3.33. The predicted molar refractivity (Wildman–Crippen MR) is 93.4 cm³/mol. The minimum atomic E-state index is -0.306. The Morgan fingerprint density at radius 2 is 1.21 bits per heavy atom. The fourth-order valence-electron chi connectivity index (χ4n) is 3.33. The van der Waals surface area contributed by atoms with Crippen LogP contribution < -0.4 is 10.6 Å². The molecule has 2 atom stereocenters. The molecule has 2 aromatic carbocycles. The molecule has 1 aliphatic rings. The maximum absolute atomic E-state index is 11.8. The number of hydrogen-bond donors (Lipinski definition) is 2. The number of rotatable bonds is 2. The molecule has 2 amide bonds. The van der Waals surface area contributed by atoms with Crippen LogP contribution in [0.3, 0.4) is 0 Å². The average molecular weight is 322 g/mol. The van der Waals surface area contributed by atoms with Crippen molar-refractivity contribution in [2.75, 3.05) is 0 Å². The summed E-state index contributed by atoms with van der Waals surface area (Å²) >= 11 is 0. The summed E-state index contributed by atoms with van der Waals surface area (Å²) in [5.74, 6) is -0.233. The molecule has 2 N–H and O–H groups in total. The zero-order chi connectivity index (χ0) is 17.1. The first kappa shape index (κ1) is 16.2. The van der Waals surface area contributed by atoms with E-state index in [1.165, 1.54) is 25.0 Å². The van der Waals surface area contributed by atoms with Gasteiger partial charge in [-0.2, -0.15) is 0 Å². The van der Waals surface area contributed by atoms with Crippen molar-refractivity contribution in [1.82, 2.24) is 10.6 Å². The second kappa shape index (κ2) is 6.87. The molecular formula is C20H22N2O2. The molecule has 4 nitrogen and oxygen atoms in total. The Morgan fingerprint density at radius 3 is 1.58 bits per heavy atom. The number of benzene rings is 2. The molecule has 0 aliphatic heterocycles. The number of nitrogens with one attached hydrogen (secondary N) is 2. The van der Waals surface area contributed by atoms with Crippen LogP contribution in [0.5, 0.6) is 0 Å². The molecule has 0 aromatic heterocycles. The van der Waals surface area contributed by atoms with E-state index in [0.717, 1.165) is 24.0 Å². The van der Waals surface area contributed by atoms with E-state index in [0.29, 0.717) is 0 Å². The Bertz CT molecular complexity index is 704. The Kier molecular flexibility index (Phi) is 4.65. The summed E-state index contributed by atoms with van der Waals surface area (Å²) in [5, 5.41) is 6.03. The van der Waals surface area contributed by atoms with Gasteiger partial charge in [0.15, 0.2) is 0 Å². The van der Waals surface area contributed by atoms with Crippen LogP contribution in [0, 0.1) is 0 Å². The predicted octanol–water partition coefficient (Wildman–Crippen LogP) is 2.84. The number of hydrogen-bond acceptors (Lipinski definition) is 2. The van der Waals surface area contributed by atoms with E-state index in [-0.39, 0.29) is 23.9 Å². The Balaban J connectivity index is 2.14. The van der Waals surface area contributed by atoms with E-state index in [1.807, 2.05) is 24.3 Å². The normalized spacial score (nSPS) is 19.2. The first-order valence-corrected chi connectivity index (χ1v) is 8.25. The largest absolute Gasteiger partial charge is 0.347 e. The number of aryl methyl sites for hydroxylation is 2. The van der Waals surface area contributed by atoms with Crippen molar-refractivity contribution < 1.29 is 9.59 Å². The molecule has 0 radical (unpaired) electrons. The number of carbonyl (C=O) groups excluding carboxylic acids is 2. The quantitative estimate of drug-likeness (QED) is 0.893. The summed E-state index contributed by atoms with van der Waals surface area (Å²) in [6.07, 6.45) is 1.91. The Labute approximate surface area is 142 Å². The van der Waals surface area contributed by atoms with Gasteiger partial charge in [-0.05, 0) is 35.1 Å². The summed E-state index contributed by atoms with van der Waals surface area (Å²) in [7, 11) is 0. The van der Waals surface area contributed by atoms with Crippen molar-refractivity contribution in [3.8, 4) is 0 Å². The summed E-state index contributed by atoms with van der Waals surface area (Å²) < 4.78 is 0. The molecule has 0 saturated heterocycles. The SMILES string of the molecule is CC(=O)N[C@H]1c2cccc(c2)CCc2cccc(c2)[C@@H]1NC(C)=O. The van der Waals surface area contributed by atoms with Gasteiger partial charge in [-0.1, -0.05) is 48.5 Å². The molecule has 2 aromatic rings. The molecule has 0 unspecified atom stereocenters. The van der Waals surface area contributed by atoms with Gasteiger partial charge in [-0.25, -0.2) is 0 Å². The van der Waals surface area contributed by atoms with Gasteiger partial charge in [0.25, 0.3) is 0 Å². The van der Waals surface area contributed by atoms with Gasteiger partial charge in [0.1, 0.15) is 0 Å². The lowest BCUT2D eigenvalue weighted by Crippen LogP contribution is -2.39. The van der Waals surface area contributed by atoms with Crippen molar-refractivity contribution in [1.29, 1.82) is 0 Å². The zero-order valence-corrected chi connectivity index (χ0v) is 14.0. The molecule has 24 heavy (non-hydrogen) atoms. The molecule has 0 spiro atoms. The van der Waals surface area contributed by atoms with Crippen LogP contribution in [0.1, 0.15) is 48.2 Å². The molecule has 0 heterocycles. The third-order valence-corrected chi connectivity index (χ3v) is 4.37. The summed E-state index contributed by atoms with van der Waals surface area (Å²) in [6.45, 7) is 3.01. The van der Waals surface area contributed by atoms with Crippen LogP contribution in [0.25, 0.3) is 0 Å². The van der Waals surface area contributed by atoms with Gasteiger partial charge < -0.3 is 10.6 Å². The highest BCUT2D eigenvalue weighted by atomic mass is 16.2. The molecule has 0 fully saturated rings. The molecule has 3 rings (SSSR count). The third kappa shape index (κ3) is 3.65. The van der Waals surface area contributed by atoms with Gasteiger partial charge in [0.05, 0.1) is 12.1 Å². The first-order chi connectivity index (χ1) is 11.5. The second-order valence-corrected chi connectivity index (χ2v) is 6.35. The maximum atomic E-state index is 11.8. The van der Waals surface area contributed by atoms with Gasteiger partial charge in [-0.3, -0.25) is 9.59 Å².